The Bertz CT molecular complexity index is 3100. The molecule has 0 unspecified atom stereocenters. The van der Waals surface area contributed by atoms with Crippen LogP contribution in [-0.4, -0.2) is 24.1 Å². The third kappa shape index (κ3) is 5.05. The number of aromatic nitrogens is 5. The second-order valence-electron chi connectivity index (χ2n) is 13.4. The molecule has 0 fully saturated rings. The third-order valence-corrected chi connectivity index (χ3v) is 10.3. The van der Waals surface area contributed by atoms with Crippen LogP contribution >= 0.6 is 0 Å². The van der Waals surface area contributed by atoms with Crippen molar-refractivity contribution in [2.45, 2.75) is 0 Å². The summed E-state index contributed by atoms with van der Waals surface area (Å²) >= 11 is 0. The minimum Gasteiger partial charge on any atom is -0.455 e. The van der Waals surface area contributed by atoms with Gasteiger partial charge in [-0.1, -0.05) is 121 Å². The van der Waals surface area contributed by atoms with Crippen molar-refractivity contribution in [1.29, 1.82) is 0 Å². The van der Waals surface area contributed by atoms with E-state index >= 15 is 0 Å². The van der Waals surface area contributed by atoms with Gasteiger partial charge in [0, 0.05) is 46.9 Å². The lowest BCUT2D eigenvalue weighted by Gasteiger charge is -2.12. The molecule has 252 valence electrons. The quantitative estimate of drug-likeness (QED) is 0.180. The van der Waals surface area contributed by atoms with Gasteiger partial charge in [0.1, 0.15) is 11.2 Å². The summed E-state index contributed by atoms with van der Waals surface area (Å²) in [6.45, 7) is 0. The number of imidazole rings is 1. The first-order chi connectivity index (χ1) is 26.0. The average molecular weight is 686 g/mol. The van der Waals surface area contributed by atoms with Crippen LogP contribution in [0.5, 0.6) is 0 Å². The van der Waals surface area contributed by atoms with Gasteiger partial charge in [0.2, 0.25) is 0 Å². The second kappa shape index (κ2) is 12.0. The van der Waals surface area contributed by atoms with E-state index < -0.39 is 0 Å². The van der Waals surface area contributed by atoms with Gasteiger partial charge in [0.25, 0.3) is 0 Å². The highest BCUT2D eigenvalue weighted by Gasteiger charge is 2.18. The number of aryl methyl sites for hydroxylation is 2. The number of benzene rings is 7. The Kier molecular flexibility index (Phi) is 6.94. The average Bonchev–Trinajstić information content (AvgIpc) is 3.71. The Balaban J connectivity index is 1.09. The third-order valence-electron chi connectivity index (χ3n) is 10.3. The first-order valence-corrected chi connectivity index (χ1v) is 17.5. The molecule has 0 saturated carbocycles. The molecule has 0 saturated heterocycles. The molecule has 0 N–H and O–H groups in total. The van der Waals surface area contributed by atoms with E-state index in [4.69, 9.17) is 19.4 Å². The van der Waals surface area contributed by atoms with E-state index in [1.165, 1.54) is 0 Å². The van der Waals surface area contributed by atoms with E-state index in [-0.39, 0.29) is 5.69 Å². The fourth-order valence-corrected chi connectivity index (χ4v) is 7.44. The van der Waals surface area contributed by atoms with Crippen molar-refractivity contribution in [2.24, 2.45) is 14.1 Å². The second-order valence-corrected chi connectivity index (χ2v) is 13.4. The van der Waals surface area contributed by atoms with Gasteiger partial charge in [0.15, 0.2) is 17.5 Å². The zero-order chi connectivity index (χ0) is 35.6. The molecule has 0 aliphatic heterocycles. The first kappa shape index (κ1) is 30.7. The van der Waals surface area contributed by atoms with Crippen LogP contribution in [-0.2, 0) is 14.1 Å². The summed E-state index contributed by atoms with van der Waals surface area (Å²) in [7, 11) is 3.60. The summed E-state index contributed by atoms with van der Waals surface area (Å²) in [5.74, 6) is 1.77. The smallest absolute Gasteiger partial charge is 0.328 e. The Labute approximate surface area is 304 Å². The van der Waals surface area contributed by atoms with Crippen molar-refractivity contribution in [3.8, 4) is 56.4 Å². The van der Waals surface area contributed by atoms with Crippen LogP contribution in [0, 0.1) is 0 Å². The summed E-state index contributed by atoms with van der Waals surface area (Å²) in [5, 5.41) is 4.41. The van der Waals surface area contributed by atoms with Crippen molar-refractivity contribution in [3.63, 3.8) is 0 Å². The molecule has 0 atom stereocenters. The first-order valence-electron chi connectivity index (χ1n) is 17.5. The maximum atomic E-state index is 12.5. The van der Waals surface area contributed by atoms with Gasteiger partial charge in [-0.2, -0.15) is 0 Å². The zero-order valence-electron chi connectivity index (χ0n) is 29.0. The summed E-state index contributed by atoms with van der Waals surface area (Å²) < 4.78 is 9.77. The monoisotopic (exact) mass is 685 g/mol. The molecule has 7 nitrogen and oxygen atoms in total. The fraction of sp³-hybridized carbons (Fsp3) is 0.0435. The van der Waals surface area contributed by atoms with E-state index in [1.54, 1.807) is 23.2 Å². The van der Waals surface area contributed by atoms with Gasteiger partial charge in [-0.3, -0.25) is 9.13 Å². The standard InChI is InChI=1S/C46H31N5O2/c1-50-39-24-21-32(27-40(39)51(2)46(50)52)28-16-18-31(19-17-28)44-47-43(30-11-4-3-5-12-30)48-45(49-44)37-15-9-8-13-34(37)33-22-25-41-38(26-33)36-23-20-29-10-6-7-14-35(29)42(36)53-41/h3-27H,1-2H3. The van der Waals surface area contributed by atoms with Crippen molar-refractivity contribution in [2.75, 3.05) is 0 Å². The largest absolute Gasteiger partial charge is 0.455 e. The highest BCUT2D eigenvalue weighted by molar-refractivity contribution is 6.15. The van der Waals surface area contributed by atoms with E-state index in [9.17, 15) is 4.79 Å². The molecule has 3 heterocycles. The van der Waals surface area contributed by atoms with Crippen molar-refractivity contribution in [3.05, 3.63) is 162 Å². The normalized spacial score (nSPS) is 11.7. The van der Waals surface area contributed by atoms with E-state index in [0.717, 1.165) is 82.7 Å². The number of fused-ring (bicyclic) bond motifs is 6. The molecule has 0 radical (unpaired) electrons. The van der Waals surface area contributed by atoms with Crippen LogP contribution < -0.4 is 5.69 Å². The van der Waals surface area contributed by atoms with Gasteiger partial charge in [-0.15, -0.1) is 0 Å². The molecule has 0 spiro atoms. The van der Waals surface area contributed by atoms with Gasteiger partial charge in [-0.25, -0.2) is 19.7 Å². The molecule has 53 heavy (non-hydrogen) atoms. The van der Waals surface area contributed by atoms with Gasteiger partial charge >= 0.3 is 5.69 Å². The molecular formula is C46H31N5O2. The summed E-state index contributed by atoms with van der Waals surface area (Å²) in [5.41, 5.74) is 10.3. The molecule has 0 bridgehead atoms. The summed E-state index contributed by atoms with van der Waals surface area (Å²) in [4.78, 5) is 27.7. The minimum atomic E-state index is -0.0433. The summed E-state index contributed by atoms with van der Waals surface area (Å²) in [6, 6.07) is 51.6. The molecule has 10 rings (SSSR count). The molecule has 0 aliphatic rings. The Morgan fingerprint density at radius 2 is 1.08 bits per heavy atom. The molecule has 7 aromatic carbocycles. The van der Waals surface area contributed by atoms with Crippen molar-refractivity contribution >= 4 is 43.7 Å². The lowest BCUT2D eigenvalue weighted by molar-refractivity contribution is 0.672. The van der Waals surface area contributed by atoms with Gasteiger partial charge in [0.05, 0.1) is 11.0 Å². The zero-order valence-corrected chi connectivity index (χ0v) is 29.0. The van der Waals surface area contributed by atoms with E-state index in [2.05, 4.69) is 78.9 Å². The molecule has 7 heteroatoms. The van der Waals surface area contributed by atoms with E-state index in [0.29, 0.717) is 17.5 Å². The van der Waals surface area contributed by atoms with Crippen molar-refractivity contribution < 1.29 is 4.42 Å². The van der Waals surface area contributed by atoms with Gasteiger partial charge < -0.3 is 4.42 Å². The van der Waals surface area contributed by atoms with E-state index in [1.807, 2.05) is 72.8 Å². The molecule has 0 amide bonds. The van der Waals surface area contributed by atoms with Crippen LogP contribution in [0.3, 0.4) is 0 Å². The maximum Gasteiger partial charge on any atom is 0.328 e. The number of nitrogens with zero attached hydrogens (tertiary/aromatic N) is 5. The highest BCUT2D eigenvalue weighted by atomic mass is 16.3. The van der Waals surface area contributed by atoms with Crippen molar-refractivity contribution in [1.82, 2.24) is 24.1 Å². The highest BCUT2D eigenvalue weighted by Crippen LogP contribution is 2.39. The van der Waals surface area contributed by atoms with Gasteiger partial charge in [-0.05, 0) is 58.0 Å². The summed E-state index contributed by atoms with van der Waals surface area (Å²) in [6.07, 6.45) is 0. The minimum absolute atomic E-state index is 0.0433. The Morgan fingerprint density at radius 1 is 0.453 bits per heavy atom. The SMILES string of the molecule is Cn1c(=O)n(C)c2cc(-c3ccc(-c4nc(-c5ccccc5)nc(-c5ccccc5-c5ccc6oc7c8ccccc8ccc7c6c5)n4)cc3)ccc21. The fourth-order valence-electron chi connectivity index (χ4n) is 7.44. The lowest BCUT2D eigenvalue weighted by Crippen LogP contribution is -2.19. The predicted molar refractivity (Wildman–Crippen MR) is 214 cm³/mol. The number of rotatable bonds is 5. The van der Waals surface area contributed by atoms with Crippen LogP contribution in [0.4, 0.5) is 0 Å². The Hall–Kier alpha value is -7.12. The Morgan fingerprint density at radius 3 is 1.89 bits per heavy atom. The predicted octanol–water partition coefficient (Wildman–Crippen LogP) is 10.4. The molecule has 10 aromatic rings. The van der Waals surface area contributed by atoms with Crippen LogP contribution in [0.25, 0.3) is 100 Å². The number of hydrogen-bond acceptors (Lipinski definition) is 5. The number of hydrogen-bond donors (Lipinski definition) is 0. The van der Waals surface area contributed by atoms with Crippen LogP contribution in [0.2, 0.25) is 0 Å². The van der Waals surface area contributed by atoms with Crippen LogP contribution in [0.1, 0.15) is 0 Å². The molecular weight excluding hydrogens is 655 g/mol. The maximum absolute atomic E-state index is 12.5. The number of furan rings is 1. The molecule has 0 aliphatic carbocycles. The molecule has 3 aromatic heterocycles. The van der Waals surface area contributed by atoms with Crippen LogP contribution in [0.15, 0.2) is 161 Å². The lowest BCUT2D eigenvalue weighted by atomic mass is 9.97. The topological polar surface area (TPSA) is 78.7 Å².